The van der Waals surface area contributed by atoms with Crippen molar-refractivity contribution in [1.29, 1.82) is 0 Å². The second kappa shape index (κ2) is 3.73. The van der Waals surface area contributed by atoms with E-state index in [0.29, 0.717) is 0 Å². The van der Waals surface area contributed by atoms with Gasteiger partial charge in [-0.15, -0.1) is 0 Å². The Bertz CT molecular complexity index is 137. The van der Waals surface area contributed by atoms with E-state index in [1.54, 1.807) is 0 Å². The van der Waals surface area contributed by atoms with Gasteiger partial charge in [-0.2, -0.15) is 0 Å². The summed E-state index contributed by atoms with van der Waals surface area (Å²) in [6.07, 6.45) is 2.91. The van der Waals surface area contributed by atoms with Gasteiger partial charge in [-0.25, -0.2) is 4.89 Å². The number of aliphatic hydroxyl groups is 1. The van der Waals surface area contributed by atoms with Crippen LogP contribution in [0.5, 0.6) is 0 Å². The fraction of sp³-hybridized carbons (Fsp3) is 1.00. The monoisotopic (exact) mass is 174 g/mol. The van der Waals surface area contributed by atoms with Crippen LogP contribution in [0.1, 0.15) is 39.5 Å². The van der Waals surface area contributed by atoms with Crippen molar-refractivity contribution in [3.05, 3.63) is 0 Å². The number of hydrogen-bond donors (Lipinski definition) is 2. The summed E-state index contributed by atoms with van der Waals surface area (Å²) in [4.78, 5) is 4.25. The summed E-state index contributed by atoms with van der Waals surface area (Å²) < 4.78 is 0. The summed E-state index contributed by atoms with van der Waals surface area (Å²) in [5.41, 5.74) is -0.533. The van der Waals surface area contributed by atoms with Crippen LogP contribution >= 0.6 is 0 Å². The topological polar surface area (TPSA) is 49.7 Å². The largest absolute Gasteiger partial charge is 0.390 e. The average molecular weight is 174 g/mol. The maximum absolute atomic E-state index is 10.0. The molecule has 0 aromatic rings. The molecule has 1 aliphatic rings. The lowest BCUT2D eigenvalue weighted by atomic mass is 9.76. The van der Waals surface area contributed by atoms with Gasteiger partial charge in [-0.05, 0) is 31.6 Å². The standard InChI is InChI=1S/C9H18O3/c1-7(2)9(10)5-3-8(12-11)4-6-9/h7-8,10-11H,3-6H2,1-2H3. The zero-order valence-electron chi connectivity index (χ0n) is 7.79. The molecular weight excluding hydrogens is 156 g/mol. The Morgan fingerprint density at radius 3 is 2.17 bits per heavy atom. The smallest absolute Gasteiger partial charge is 0.0929 e. The summed E-state index contributed by atoms with van der Waals surface area (Å²) in [6, 6.07) is 0. The molecule has 0 amide bonds. The van der Waals surface area contributed by atoms with Crippen LogP contribution in [0, 0.1) is 5.92 Å². The van der Waals surface area contributed by atoms with E-state index in [9.17, 15) is 5.11 Å². The third kappa shape index (κ3) is 1.97. The summed E-state index contributed by atoms with van der Waals surface area (Å²) in [6.45, 7) is 4.06. The van der Waals surface area contributed by atoms with Crippen LogP contribution in [0.25, 0.3) is 0 Å². The Morgan fingerprint density at radius 2 is 1.83 bits per heavy atom. The first kappa shape index (κ1) is 9.96. The summed E-state index contributed by atoms with van der Waals surface area (Å²) in [5, 5.41) is 18.4. The van der Waals surface area contributed by atoms with E-state index in [-0.39, 0.29) is 12.0 Å². The predicted octanol–water partition coefficient (Wildman–Crippen LogP) is 1.81. The van der Waals surface area contributed by atoms with E-state index >= 15 is 0 Å². The van der Waals surface area contributed by atoms with Crippen molar-refractivity contribution >= 4 is 0 Å². The maximum atomic E-state index is 10.0. The number of hydrogen-bond acceptors (Lipinski definition) is 3. The molecule has 1 fully saturated rings. The van der Waals surface area contributed by atoms with Crippen LogP contribution in [0.4, 0.5) is 0 Å². The van der Waals surface area contributed by atoms with Crippen LogP contribution in [-0.2, 0) is 4.89 Å². The third-order valence-electron chi connectivity index (χ3n) is 3.02. The average Bonchev–Trinajstić information content (AvgIpc) is 2.06. The van der Waals surface area contributed by atoms with Crippen LogP contribution in [0.15, 0.2) is 0 Å². The van der Waals surface area contributed by atoms with Gasteiger partial charge in [0.15, 0.2) is 0 Å². The summed E-state index contributed by atoms with van der Waals surface area (Å²) in [7, 11) is 0. The normalized spacial score (nSPS) is 37.2. The third-order valence-corrected chi connectivity index (χ3v) is 3.02. The van der Waals surface area contributed by atoms with Gasteiger partial charge in [0.05, 0.1) is 11.7 Å². The van der Waals surface area contributed by atoms with Gasteiger partial charge in [-0.1, -0.05) is 13.8 Å². The Hall–Kier alpha value is -0.120. The molecule has 0 saturated heterocycles. The van der Waals surface area contributed by atoms with Crippen LogP contribution in [0.2, 0.25) is 0 Å². The first-order valence-electron chi connectivity index (χ1n) is 4.61. The fourth-order valence-corrected chi connectivity index (χ4v) is 1.77. The van der Waals surface area contributed by atoms with Crippen molar-refractivity contribution in [1.82, 2.24) is 0 Å². The molecule has 1 aliphatic carbocycles. The molecular formula is C9H18O3. The van der Waals surface area contributed by atoms with Gasteiger partial charge in [0.25, 0.3) is 0 Å². The second-order valence-electron chi connectivity index (χ2n) is 4.06. The van der Waals surface area contributed by atoms with Gasteiger partial charge in [-0.3, -0.25) is 5.26 Å². The van der Waals surface area contributed by atoms with E-state index in [0.717, 1.165) is 25.7 Å². The zero-order valence-corrected chi connectivity index (χ0v) is 7.79. The molecule has 3 nitrogen and oxygen atoms in total. The molecule has 0 radical (unpaired) electrons. The lowest BCUT2D eigenvalue weighted by molar-refractivity contribution is -0.290. The first-order valence-corrected chi connectivity index (χ1v) is 4.61. The van der Waals surface area contributed by atoms with Crippen LogP contribution in [0.3, 0.4) is 0 Å². The van der Waals surface area contributed by atoms with Crippen molar-refractivity contribution in [3.63, 3.8) is 0 Å². The predicted molar refractivity (Wildman–Crippen MR) is 45.8 cm³/mol. The minimum atomic E-state index is -0.533. The van der Waals surface area contributed by atoms with Gasteiger partial charge in [0, 0.05) is 0 Å². The van der Waals surface area contributed by atoms with Crippen molar-refractivity contribution < 1.29 is 15.3 Å². The van der Waals surface area contributed by atoms with Gasteiger partial charge < -0.3 is 5.11 Å². The Balaban J connectivity index is 2.44. The molecule has 0 aliphatic heterocycles. The molecule has 72 valence electrons. The van der Waals surface area contributed by atoms with Gasteiger partial charge in [0.1, 0.15) is 0 Å². The molecule has 2 N–H and O–H groups in total. The highest BCUT2D eigenvalue weighted by Crippen LogP contribution is 2.34. The number of rotatable bonds is 2. The van der Waals surface area contributed by atoms with Gasteiger partial charge >= 0.3 is 0 Å². The van der Waals surface area contributed by atoms with E-state index in [4.69, 9.17) is 5.26 Å². The Kier molecular flexibility index (Phi) is 3.09. The van der Waals surface area contributed by atoms with Crippen LogP contribution in [-0.4, -0.2) is 22.1 Å². The molecule has 12 heavy (non-hydrogen) atoms. The van der Waals surface area contributed by atoms with Crippen LogP contribution < -0.4 is 0 Å². The molecule has 3 heteroatoms. The lowest BCUT2D eigenvalue weighted by Crippen LogP contribution is -2.40. The Morgan fingerprint density at radius 1 is 1.33 bits per heavy atom. The molecule has 0 aromatic heterocycles. The molecule has 0 heterocycles. The summed E-state index contributed by atoms with van der Waals surface area (Å²) >= 11 is 0. The van der Waals surface area contributed by atoms with Gasteiger partial charge in [0.2, 0.25) is 0 Å². The lowest BCUT2D eigenvalue weighted by Gasteiger charge is -2.37. The quantitative estimate of drug-likeness (QED) is 0.496. The highest BCUT2D eigenvalue weighted by atomic mass is 17.1. The van der Waals surface area contributed by atoms with Crippen molar-refractivity contribution in [2.75, 3.05) is 0 Å². The molecule has 0 atom stereocenters. The molecule has 0 unspecified atom stereocenters. The molecule has 1 saturated carbocycles. The molecule has 0 bridgehead atoms. The highest BCUT2D eigenvalue weighted by molar-refractivity contribution is 4.87. The molecule has 1 rings (SSSR count). The highest BCUT2D eigenvalue weighted by Gasteiger charge is 2.36. The fourth-order valence-electron chi connectivity index (χ4n) is 1.77. The second-order valence-corrected chi connectivity index (χ2v) is 4.06. The summed E-state index contributed by atoms with van der Waals surface area (Å²) in [5.74, 6) is 0.289. The van der Waals surface area contributed by atoms with E-state index in [2.05, 4.69) is 4.89 Å². The Labute approximate surface area is 73.3 Å². The van der Waals surface area contributed by atoms with Crippen molar-refractivity contribution in [2.24, 2.45) is 5.92 Å². The minimum Gasteiger partial charge on any atom is -0.390 e. The van der Waals surface area contributed by atoms with E-state index in [1.165, 1.54) is 0 Å². The molecule has 0 spiro atoms. The first-order chi connectivity index (χ1) is 5.58. The SMILES string of the molecule is CC(C)C1(O)CCC(OO)CC1. The van der Waals surface area contributed by atoms with E-state index < -0.39 is 5.60 Å². The van der Waals surface area contributed by atoms with E-state index in [1.807, 2.05) is 13.8 Å². The minimum absolute atomic E-state index is 0.0657. The van der Waals surface area contributed by atoms with Crippen molar-refractivity contribution in [3.8, 4) is 0 Å². The van der Waals surface area contributed by atoms with Crippen molar-refractivity contribution in [2.45, 2.75) is 51.2 Å². The maximum Gasteiger partial charge on any atom is 0.0929 e. The molecule has 0 aromatic carbocycles. The zero-order chi connectivity index (χ0) is 9.19.